The molecule has 0 unspecified atom stereocenters. The molecule has 0 spiro atoms. The van der Waals surface area contributed by atoms with E-state index in [9.17, 15) is 9.90 Å². The van der Waals surface area contributed by atoms with E-state index in [0.717, 1.165) is 41.5 Å². The fourth-order valence-electron chi connectivity index (χ4n) is 6.11. The van der Waals surface area contributed by atoms with E-state index in [-0.39, 0.29) is 35.0 Å². The number of carbonyl (C=O) groups is 1. The molecule has 1 saturated carbocycles. The molecule has 2 aromatic rings. The minimum atomic E-state index is -0.541. The second-order valence-electron chi connectivity index (χ2n) is 10.3. The molecule has 2 N–H and O–H groups in total. The Kier molecular flexibility index (Phi) is 8.03. The fraction of sp³-hybridized carbons (Fsp3) is 0.630. The van der Waals surface area contributed by atoms with E-state index < -0.39 is 6.10 Å². The molecule has 7 nitrogen and oxygen atoms in total. The van der Waals surface area contributed by atoms with Crippen molar-refractivity contribution >= 4 is 17.2 Å². The van der Waals surface area contributed by atoms with Crippen LogP contribution in [0.1, 0.15) is 55.1 Å². The first kappa shape index (κ1) is 25.9. The lowest BCUT2D eigenvalue weighted by molar-refractivity contribution is -0.135. The van der Waals surface area contributed by atoms with E-state index in [4.69, 9.17) is 19.2 Å². The van der Waals surface area contributed by atoms with Crippen LogP contribution in [0, 0.1) is 23.2 Å². The van der Waals surface area contributed by atoms with Gasteiger partial charge in [0.05, 0.1) is 25.5 Å². The van der Waals surface area contributed by atoms with Gasteiger partial charge in [-0.25, -0.2) is 4.98 Å². The van der Waals surface area contributed by atoms with Crippen molar-refractivity contribution < 1.29 is 24.1 Å². The number of aliphatic hydroxyl groups is 1. The van der Waals surface area contributed by atoms with Gasteiger partial charge in [-0.15, -0.1) is 11.3 Å². The number of ether oxygens (including phenoxy) is 3. The first-order valence-electron chi connectivity index (χ1n) is 12.5. The first-order valence-corrected chi connectivity index (χ1v) is 13.3. The zero-order valence-electron chi connectivity index (χ0n) is 21.4. The lowest BCUT2D eigenvalue weighted by Gasteiger charge is -2.53. The zero-order chi connectivity index (χ0) is 25.2. The molecule has 1 aromatic carbocycles. The number of rotatable bonds is 9. The summed E-state index contributed by atoms with van der Waals surface area (Å²) in [6.07, 6.45) is 2.21. The smallest absolute Gasteiger partial charge is 0.223 e. The number of nitrogens with one attached hydrogen (secondary N) is 1. The Morgan fingerprint density at radius 3 is 2.69 bits per heavy atom. The summed E-state index contributed by atoms with van der Waals surface area (Å²) < 4.78 is 16.2. The molecule has 6 atom stereocenters. The average Bonchev–Trinajstić information content (AvgIpc) is 3.25. The molecule has 4 rings (SSSR count). The highest BCUT2D eigenvalue weighted by Gasteiger charge is 2.53. The van der Waals surface area contributed by atoms with E-state index in [0.29, 0.717) is 19.8 Å². The van der Waals surface area contributed by atoms with Crippen molar-refractivity contribution in [2.75, 3.05) is 27.4 Å². The largest absolute Gasteiger partial charge is 0.497 e. The Labute approximate surface area is 212 Å². The van der Waals surface area contributed by atoms with Gasteiger partial charge >= 0.3 is 0 Å². The number of carbonyl (C=O) groups excluding carboxylic acids is 1. The average molecular weight is 503 g/mol. The number of methoxy groups -OCH3 is 2. The predicted molar refractivity (Wildman–Crippen MR) is 136 cm³/mol. The first-order chi connectivity index (χ1) is 16.8. The molecule has 0 saturated heterocycles. The molecule has 1 fully saturated rings. The quantitative estimate of drug-likeness (QED) is 0.500. The standard InChI is InChI=1S/C27H38N2O5S/c1-16(26(31)28-12-13-32-4)20-10-11-27(3)14-21-24(17(2)23(27)25(20)30)29-22(35-21)15-34-19-8-6-18(33-5)7-9-19/h6-9,16-17,20,23,25,30H,10-15H2,1-5H3,(H,28,31)/t16-,17-,20-,23+,25-,27-/m0/s1. The van der Waals surface area contributed by atoms with E-state index in [1.165, 1.54) is 4.88 Å². The van der Waals surface area contributed by atoms with Crippen molar-refractivity contribution in [3.05, 3.63) is 39.8 Å². The van der Waals surface area contributed by atoms with Gasteiger partial charge in [-0.3, -0.25) is 4.79 Å². The number of hydrogen-bond donors (Lipinski definition) is 2. The highest BCUT2D eigenvalue weighted by molar-refractivity contribution is 7.11. The van der Waals surface area contributed by atoms with Crippen LogP contribution < -0.4 is 14.8 Å². The third kappa shape index (κ3) is 5.34. The van der Waals surface area contributed by atoms with Gasteiger partial charge in [-0.2, -0.15) is 0 Å². The highest BCUT2D eigenvalue weighted by Crippen LogP contribution is 2.57. The van der Waals surface area contributed by atoms with E-state index >= 15 is 0 Å². The third-order valence-electron chi connectivity index (χ3n) is 8.05. The summed E-state index contributed by atoms with van der Waals surface area (Å²) in [7, 11) is 3.27. The molecule has 0 aliphatic heterocycles. The molecule has 0 radical (unpaired) electrons. The normalized spacial score (nSPS) is 28.5. The Bertz CT molecular complexity index is 1010. The van der Waals surface area contributed by atoms with Crippen LogP contribution >= 0.6 is 11.3 Å². The van der Waals surface area contributed by atoms with E-state index in [2.05, 4.69) is 19.2 Å². The number of thiazole rings is 1. The summed E-state index contributed by atoms with van der Waals surface area (Å²) in [5.41, 5.74) is 1.08. The Hall–Kier alpha value is -2.16. The van der Waals surface area contributed by atoms with Crippen LogP contribution in [0.2, 0.25) is 0 Å². The number of hydrogen-bond acceptors (Lipinski definition) is 7. The van der Waals surface area contributed by atoms with Gasteiger partial charge in [0.15, 0.2) is 0 Å². The molecule has 2 aliphatic rings. The van der Waals surface area contributed by atoms with Crippen LogP contribution in [0.3, 0.4) is 0 Å². The number of benzene rings is 1. The van der Waals surface area contributed by atoms with Crippen LogP contribution in [0.4, 0.5) is 0 Å². The van der Waals surface area contributed by atoms with Crippen molar-refractivity contribution in [1.82, 2.24) is 10.3 Å². The van der Waals surface area contributed by atoms with Crippen molar-refractivity contribution in [1.29, 1.82) is 0 Å². The van der Waals surface area contributed by atoms with Gasteiger partial charge in [0.2, 0.25) is 5.91 Å². The zero-order valence-corrected chi connectivity index (χ0v) is 22.2. The Morgan fingerprint density at radius 2 is 2.00 bits per heavy atom. The van der Waals surface area contributed by atoms with Gasteiger partial charge in [0.1, 0.15) is 23.1 Å². The summed E-state index contributed by atoms with van der Waals surface area (Å²) in [5, 5.41) is 15.4. The fourth-order valence-corrected chi connectivity index (χ4v) is 7.39. The minimum Gasteiger partial charge on any atom is -0.497 e. The molecule has 0 bridgehead atoms. The highest BCUT2D eigenvalue weighted by atomic mass is 32.1. The van der Waals surface area contributed by atoms with Crippen LogP contribution in [-0.2, 0) is 22.6 Å². The summed E-state index contributed by atoms with van der Waals surface area (Å²) >= 11 is 1.73. The van der Waals surface area contributed by atoms with Crippen LogP contribution in [0.15, 0.2) is 24.3 Å². The van der Waals surface area contributed by atoms with Crippen molar-refractivity contribution in [3.63, 3.8) is 0 Å². The third-order valence-corrected chi connectivity index (χ3v) is 9.09. The molecule has 1 amide bonds. The number of aromatic nitrogens is 1. The molecular weight excluding hydrogens is 464 g/mol. The summed E-state index contributed by atoms with van der Waals surface area (Å²) in [4.78, 5) is 19.0. The summed E-state index contributed by atoms with van der Waals surface area (Å²) in [6.45, 7) is 7.82. The number of aliphatic hydroxyl groups excluding tert-OH is 1. The summed E-state index contributed by atoms with van der Waals surface area (Å²) in [5.74, 6) is 1.45. The van der Waals surface area contributed by atoms with E-state index in [1.807, 2.05) is 31.2 Å². The second kappa shape index (κ2) is 10.8. The number of nitrogens with zero attached hydrogens (tertiary/aromatic N) is 1. The lowest BCUT2D eigenvalue weighted by Crippen LogP contribution is -2.53. The van der Waals surface area contributed by atoms with Crippen LogP contribution in [0.5, 0.6) is 11.5 Å². The molecule has 2 aliphatic carbocycles. The van der Waals surface area contributed by atoms with Gasteiger partial charge in [0.25, 0.3) is 0 Å². The molecular formula is C27H38N2O5S. The molecule has 1 aromatic heterocycles. The van der Waals surface area contributed by atoms with Gasteiger partial charge in [-0.05, 0) is 60.8 Å². The Balaban J connectivity index is 1.46. The molecule has 192 valence electrons. The van der Waals surface area contributed by atoms with Crippen molar-refractivity contribution in [2.24, 2.45) is 23.2 Å². The maximum atomic E-state index is 12.7. The number of amides is 1. The predicted octanol–water partition coefficient (Wildman–Crippen LogP) is 4.18. The lowest BCUT2D eigenvalue weighted by atomic mass is 9.53. The number of fused-ring (bicyclic) bond motifs is 2. The topological polar surface area (TPSA) is 89.9 Å². The second-order valence-corrected chi connectivity index (χ2v) is 11.5. The molecule has 1 heterocycles. The molecule has 8 heteroatoms. The van der Waals surface area contributed by atoms with Crippen LogP contribution in [-0.4, -0.2) is 49.5 Å². The minimum absolute atomic E-state index is 0.00474. The Morgan fingerprint density at radius 1 is 1.29 bits per heavy atom. The molecule has 35 heavy (non-hydrogen) atoms. The maximum absolute atomic E-state index is 12.7. The van der Waals surface area contributed by atoms with Crippen molar-refractivity contribution in [3.8, 4) is 11.5 Å². The maximum Gasteiger partial charge on any atom is 0.223 e. The monoisotopic (exact) mass is 502 g/mol. The van der Waals surface area contributed by atoms with Gasteiger partial charge in [-0.1, -0.05) is 20.8 Å². The van der Waals surface area contributed by atoms with Crippen molar-refractivity contribution in [2.45, 2.75) is 58.7 Å². The van der Waals surface area contributed by atoms with Crippen LogP contribution in [0.25, 0.3) is 0 Å². The van der Waals surface area contributed by atoms with Gasteiger partial charge in [0, 0.05) is 30.4 Å². The summed E-state index contributed by atoms with van der Waals surface area (Å²) in [6, 6.07) is 7.56. The van der Waals surface area contributed by atoms with Gasteiger partial charge < -0.3 is 24.6 Å². The SMILES string of the molecule is COCCNC(=O)[C@@H](C)[C@@H]1CC[C@@]2(C)Cc3sc(COc4ccc(OC)cc4)nc3[C@@H](C)[C@@H]2[C@H]1O. The van der Waals surface area contributed by atoms with E-state index in [1.54, 1.807) is 25.6 Å².